The average molecular weight is 360 g/mol. The maximum Gasteiger partial charge on any atom is 0.224 e. The number of Topliss-reactive ketones (excluding diaryl/α,β-unsaturated/α-hetero) is 1. The van der Waals surface area contributed by atoms with Gasteiger partial charge in [0.2, 0.25) is 5.91 Å². The van der Waals surface area contributed by atoms with Crippen LogP contribution >= 0.6 is 11.6 Å². The van der Waals surface area contributed by atoms with Crippen LogP contribution < -0.4 is 14.8 Å². The van der Waals surface area contributed by atoms with Crippen LogP contribution in [-0.2, 0) is 4.79 Å². The molecule has 1 aliphatic heterocycles. The lowest BCUT2D eigenvalue weighted by Crippen LogP contribution is -2.16. The largest absolute Gasteiger partial charge is 0.486 e. The van der Waals surface area contributed by atoms with Crippen molar-refractivity contribution in [3.63, 3.8) is 0 Å². The van der Waals surface area contributed by atoms with E-state index in [1.54, 1.807) is 30.3 Å². The van der Waals surface area contributed by atoms with E-state index in [4.69, 9.17) is 21.1 Å². The zero-order valence-electron chi connectivity index (χ0n) is 13.8. The number of carbonyl (C=O) groups excluding carboxylic acids is 2. The first kappa shape index (κ1) is 17.3. The Balaban J connectivity index is 1.56. The number of amides is 1. The zero-order valence-corrected chi connectivity index (χ0v) is 14.6. The van der Waals surface area contributed by atoms with E-state index in [-0.39, 0.29) is 24.5 Å². The number of halogens is 1. The van der Waals surface area contributed by atoms with E-state index < -0.39 is 0 Å². The van der Waals surface area contributed by atoms with Gasteiger partial charge in [0.15, 0.2) is 17.3 Å². The molecule has 0 aliphatic carbocycles. The summed E-state index contributed by atoms with van der Waals surface area (Å²) in [5.74, 6) is 0.854. The fraction of sp³-hybridized carbons (Fsp3) is 0.263. The summed E-state index contributed by atoms with van der Waals surface area (Å²) in [5, 5.41) is 3.33. The minimum Gasteiger partial charge on any atom is -0.486 e. The lowest BCUT2D eigenvalue weighted by Gasteiger charge is -2.18. The molecule has 0 saturated carbocycles. The van der Waals surface area contributed by atoms with Crippen molar-refractivity contribution in [1.82, 2.24) is 0 Å². The molecule has 1 amide bonds. The van der Waals surface area contributed by atoms with Crippen molar-refractivity contribution >= 4 is 29.0 Å². The summed E-state index contributed by atoms with van der Waals surface area (Å²) in [7, 11) is 0. The van der Waals surface area contributed by atoms with Crippen LogP contribution in [0.25, 0.3) is 0 Å². The summed E-state index contributed by atoms with van der Waals surface area (Å²) in [5.41, 5.74) is 2.07. The van der Waals surface area contributed by atoms with Crippen LogP contribution in [0, 0.1) is 6.92 Å². The van der Waals surface area contributed by atoms with Crippen LogP contribution in [0.1, 0.15) is 28.8 Å². The molecule has 2 aromatic carbocycles. The number of hydrogen-bond acceptors (Lipinski definition) is 4. The van der Waals surface area contributed by atoms with Gasteiger partial charge in [-0.15, -0.1) is 0 Å². The molecule has 130 valence electrons. The number of benzene rings is 2. The molecule has 25 heavy (non-hydrogen) atoms. The van der Waals surface area contributed by atoms with E-state index >= 15 is 0 Å². The van der Waals surface area contributed by atoms with Crippen molar-refractivity contribution in [2.24, 2.45) is 0 Å². The van der Waals surface area contributed by atoms with Crippen molar-refractivity contribution in [3.05, 3.63) is 52.5 Å². The molecule has 0 bridgehead atoms. The number of nitrogens with one attached hydrogen (secondary N) is 1. The smallest absolute Gasteiger partial charge is 0.224 e. The van der Waals surface area contributed by atoms with E-state index in [9.17, 15) is 9.59 Å². The second-order valence-corrected chi connectivity index (χ2v) is 6.20. The van der Waals surface area contributed by atoms with Crippen LogP contribution in [-0.4, -0.2) is 24.9 Å². The molecule has 5 nitrogen and oxygen atoms in total. The average Bonchev–Trinajstić information content (AvgIpc) is 2.62. The molecule has 0 spiro atoms. The highest BCUT2D eigenvalue weighted by Crippen LogP contribution is 2.31. The van der Waals surface area contributed by atoms with Crippen molar-refractivity contribution in [2.75, 3.05) is 18.5 Å². The minimum atomic E-state index is -0.231. The van der Waals surface area contributed by atoms with E-state index in [0.29, 0.717) is 41.0 Å². The van der Waals surface area contributed by atoms with Gasteiger partial charge < -0.3 is 14.8 Å². The molecule has 3 rings (SSSR count). The maximum atomic E-state index is 12.3. The Morgan fingerprint density at radius 1 is 1.04 bits per heavy atom. The van der Waals surface area contributed by atoms with Gasteiger partial charge in [-0.1, -0.05) is 17.7 Å². The Hall–Kier alpha value is -2.53. The first-order chi connectivity index (χ1) is 12.0. The highest BCUT2D eigenvalue weighted by Gasteiger charge is 2.16. The first-order valence-electron chi connectivity index (χ1n) is 8.02. The van der Waals surface area contributed by atoms with Crippen LogP contribution in [0.2, 0.25) is 5.02 Å². The third-order valence-electron chi connectivity index (χ3n) is 3.90. The van der Waals surface area contributed by atoms with Crippen molar-refractivity contribution < 1.29 is 19.1 Å². The lowest BCUT2D eigenvalue weighted by atomic mass is 10.1. The van der Waals surface area contributed by atoms with Crippen molar-refractivity contribution in [3.8, 4) is 11.5 Å². The standard InChI is InChI=1S/C19H18ClNO4/c1-12-2-4-14(11-15(12)20)21-19(23)7-5-16(22)13-3-6-17-18(10-13)25-9-8-24-17/h2-4,6,10-11H,5,7-9H2,1H3,(H,21,23). The van der Waals surface area contributed by atoms with Gasteiger partial charge in [-0.3, -0.25) is 9.59 Å². The summed E-state index contributed by atoms with van der Waals surface area (Å²) < 4.78 is 10.9. The Bertz CT molecular complexity index is 819. The molecule has 1 N–H and O–H groups in total. The summed E-state index contributed by atoms with van der Waals surface area (Å²) in [6.07, 6.45) is 0.212. The molecular formula is C19H18ClNO4. The maximum absolute atomic E-state index is 12.3. The number of ether oxygens (including phenoxy) is 2. The summed E-state index contributed by atoms with van der Waals surface area (Å²) >= 11 is 6.04. The third-order valence-corrected chi connectivity index (χ3v) is 4.31. The molecule has 1 aliphatic rings. The van der Waals surface area contributed by atoms with Crippen LogP contribution in [0.15, 0.2) is 36.4 Å². The zero-order chi connectivity index (χ0) is 17.8. The molecule has 0 fully saturated rings. The van der Waals surface area contributed by atoms with E-state index in [2.05, 4.69) is 5.32 Å². The van der Waals surface area contributed by atoms with Gasteiger partial charge >= 0.3 is 0 Å². The molecular weight excluding hydrogens is 342 g/mol. The van der Waals surface area contributed by atoms with Crippen molar-refractivity contribution in [2.45, 2.75) is 19.8 Å². The molecule has 0 saturated heterocycles. The summed E-state index contributed by atoms with van der Waals surface area (Å²) in [4.78, 5) is 24.3. The molecule has 2 aromatic rings. The second kappa shape index (κ2) is 7.57. The lowest BCUT2D eigenvalue weighted by molar-refractivity contribution is -0.116. The van der Waals surface area contributed by atoms with Gasteiger partial charge in [0, 0.05) is 29.1 Å². The number of ketones is 1. The number of rotatable bonds is 5. The van der Waals surface area contributed by atoms with E-state index in [0.717, 1.165) is 5.56 Å². The number of hydrogen-bond donors (Lipinski definition) is 1. The van der Waals surface area contributed by atoms with Gasteiger partial charge in [0.05, 0.1) is 0 Å². The molecule has 0 radical (unpaired) electrons. The number of carbonyl (C=O) groups is 2. The topological polar surface area (TPSA) is 64.6 Å². The van der Waals surface area contributed by atoms with Gasteiger partial charge in [-0.25, -0.2) is 0 Å². The minimum absolute atomic E-state index is 0.0960. The van der Waals surface area contributed by atoms with Crippen LogP contribution in [0.5, 0.6) is 11.5 Å². The van der Waals surface area contributed by atoms with Gasteiger partial charge in [-0.05, 0) is 42.8 Å². The molecule has 0 atom stereocenters. The third kappa shape index (κ3) is 4.31. The van der Waals surface area contributed by atoms with Gasteiger partial charge in [-0.2, -0.15) is 0 Å². The quantitative estimate of drug-likeness (QED) is 0.819. The van der Waals surface area contributed by atoms with E-state index in [1.165, 1.54) is 0 Å². The molecule has 6 heteroatoms. The van der Waals surface area contributed by atoms with Gasteiger partial charge in [0.25, 0.3) is 0 Å². The number of aryl methyl sites for hydroxylation is 1. The Kier molecular flexibility index (Phi) is 5.24. The Morgan fingerprint density at radius 3 is 2.56 bits per heavy atom. The summed E-state index contributed by atoms with van der Waals surface area (Å²) in [6, 6.07) is 10.4. The fourth-order valence-corrected chi connectivity index (χ4v) is 2.66. The van der Waals surface area contributed by atoms with E-state index in [1.807, 2.05) is 13.0 Å². The normalized spacial score (nSPS) is 12.6. The SMILES string of the molecule is Cc1ccc(NC(=O)CCC(=O)c2ccc3c(c2)OCCO3)cc1Cl. The summed E-state index contributed by atoms with van der Waals surface area (Å²) in [6.45, 7) is 2.86. The highest BCUT2D eigenvalue weighted by molar-refractivity contribution is 6.31. The number of fused-ring (bicyclic) bond motifs is 1. The number of anilines is 1. The predicted molar refractivity (Wildman–Crippen MR) is 95.8 cm³/mol. The van der Waals surface area contributed by atoms with Crippen LogP contribution in [0.4, 0.5) is 5.69 Å². The fourth-order valence-electron chi connectivity index (χ4n) is 2.48. The molecule has 0 unspecified atom stereocenters. The van der Waals surface area contributed by atoms with Crippen LogP contribution in [0.3, 0.4) is 0 Å². The Morgan fingerprint density at radius 2 is 1.80 bits per heavy atom. The highest BCUT2D eigenvalue weighted by atomic mass is 35.5. The Labute approximate surface area is 150 Å². The molecule has 0 aromatic heterocycles. The molecule has 1 heterocycles. The first-order valence-corrected chi connectivity index (χ1v) is 8.39. The monoisotopic (exact) mass is 359 g/mol. The van der Waals surface area contributed by atoms with Gasteiger partial charge in [0.1, 0.15) is 13.2 Å². The predicted octanol–water partition coefficient (Wildman–Crippen LogP) is 4.02. The second-order valence-electron chi connectivity index (χ2n) is 5.79. The van der Waals surface area contributed by atoms with Crippen molar-refractivity contribution in [1.29, 1.82) is 0 Å².